The number of pyridine rings is 1. The Hall–Kier alpha value is -2.97. The molecule has 0 amide bonds. The molecule has 3 aromatic heterocycles. The normalized spacial score (nSPS) is 9.59. The Balaban J connectivity index is 0.000000771. The van der Waals surface area contributed by atoms with Crippen molar-refractivity contribution in [2.75, 3.05) is 26.0 Å². The van der Waals surface area contributed by atoms with Gasteiger partial charge in [0.25, 0.3) is 5.56 Å². The third-order valence-corrected chi connectivity index (χ3v) is 4.27. The van der Waals surface area contributed by atoms with E-state index in [-0.39, 0.29) is 11.1 Å². The van der Waals surface area contributed by atoms with Gasteiger partial charge in [-0.1, -0.05) is 0 Å². The number of nitrogens with zero attached hydrogens (tertiary/aromatic N) is 1. The number of rotatable bonds is 7. The molecule has 3 heterocycles. The minimum atomic E-state index is -0.160. The first-order valence-electron chi connectivity index (χ1n) is 9.22. The Labute approximate surface area is 175 Å². The predicted molar refractivity (Wildman–Crippen MR) is 122 cm³/mol. The summed E-state index contributed by atoms with van der Waals surface area (Å²) in [6, 6.07) is 7.05. The van der Waals surface area contributed by atoms with Crippen LogP contribution in [-0.4, -0.2) is 35.6 Å². The summed E-state index contributed by atoms with van der Waals surface area (Å²) < 4.78 is 0. The molecule has 0 aliphatic carbocycles. The molecule has 4 N–H and O–H groups in total. The molecule has 8 heteroatoms. The van der Waals surface area contributed by atoms with Crippen molar-refractivity contribution < 1.29 is 0 Å². The summed E-state index contributed by atoms with van der Waals surface area (Å²) in [7, 11) is 3.75. The lowest BCUT2D eigenvalue weighted by molar-refractivity contribution is 0.844. The second-order valence-electron chi connectivity index (χ2n) is 5.99. The molecule has 0 aromatic carbocycles. The van der Waals surface area contributed by atoms with Crippen LogP contribution in [0.4, 0.5) is 5.95 Å². The number of aromatic amines is 2. The molecule has 156 valence electrons. The average Bonchev–Trinajstić information content (AvgIpc) is 3.20. The average molecular weight is 416 g/mol. The second-order valence-corrected chi connectivity index (χ2v) is 6.77. The number of thiophene rings is 1. The quantitative estimate of drug-likeness (QED) is 0.351. The zero-order valence-electron chi connectivity index (χ0n) is 17.0. The topological polar surface area (TPSA) is 103 Å². The SMILES string of the molecule is C=C.CNC.O=c1cc(CCCNc2nc(Cc3ccsc3)cc(=O)[nH]2)cc[nH]1. The smallest absolute Gasteiger partial charge is 0.252 e. The molecule has 0 saturated heterocycles. The van der Waals surface area contributed by atoms with Crippen molar-refractivity contribution in [1.82, 2.24) is 20.3 Å². The summed E-state index contributed by atoms with van der Waals surface area (Å²) in [5.41, 5.74) is 2.64. The van der Waals surface area contributed by atoms with Crippen molar-refractivity contribution in [3.63, 3.8) is 0 Å². The van der Waals surface area contributed by atoms with Crippen molar-refractivity contribution in [3.8, 4) is 0 Å². The molecule has 0 bridgehead atoms. The third kappa shape index (κ3) is 9.68. The summed E-state index contributed by atoms with van der Waals surface area (Å²) in [5.74, 6) is 0.485. The summed E-state index contributed by atoms with van der Waals surface area (Å²) in [5, 5.41) is 9.95. The summed E-state index contributed by atoms with van der Waals surface area (Å²) >= 11 is 1.63. The largest absolute Gasteiger partial charge is 0.356 e. The van der Waals surface area contributed by atoms with Crippen LogP contribution in [0, 0.1) is 0 Å². The number of hydrogen-bond donors (Lipinski definition) is 4. The minimum Gasteiger partial charge on any atom is -0.356 e. The third-order valence-electron chi connectivity index (χ3n) is 3.53. The molecule has 0 saturated carbocycles. The van der Waals surface area contributed by atoms with Crippen LogP contribution in [0.5, 0.6) is 0 Å². The fourth-order valence-electron chi connectivity index (χ4n) is 2.43. The minimum absolute atomic E-state index is 0.0902. The Morgan fingerprint density at radius 1 is 1.10 bits per heavy atom. The molecule has 3 aromatic rings. The van der Waals surface area contributed by atoms with Crippen LogP contribution in [0.1, 0.15) is 23.2 Å². The van der Waals surface area contributed by atoms with E-state index >= 15 is 0 Å². The Morgan fingerprint density at radius 2 is 1.86 bits per heavy atom. The highest BCUT2D eigenvalue weighted by molar-refractivity contribution is 7.07. The number of aromatic nitrogens is 3. The standard InChI is InChI=1S/C17H18N4O2S.C2H7N.C2H4/c22-15-9-12(3-6-18-15)2-1-5-19-17-20-14(10-16(23)21-17)8-13-4-7-24-11-13;1-3-2;1-2/h3-4,6-7,9-11H,1-2,5,8H2,(H,18,22)(H2,19,20,21,23);3H,1-2H3;1-2H2. The summed E-state index contributed by atoms with van der Waals surface area (Å²) in [4.78, 5) is 32.7. The Bertz CT molecular complexity index is 934. The van der Waals surface area contributed by atoms with Gasteiger partial charge in [0.05, 0.1) is 5.69 Å². The van der Waals surface area contributed by atoms with Crippen LogP contribution in [0.3, 0.4) is 0 Å². The zero-order chi connectivity index (χ0) is 21.5. The summed E-state index contributed by atoms with van der Waals surface area (Å²) in [6.07, 6.45) is 3.92. The van der Waals surface area contributed by atoms with Crippen molar-refractivity contribution >= 4 is 17.3 Å². The summed E-state index contributed by atoms with van der Waals surface area (Å²) in [6.45, 7) is 6.66. The van der Waals surface area contributed by atoms with E-state index < -0.39 is 0 Å². The molecule has 0 radical (unpaired) electrons. The fourth-order valence-corrected chi connectivity index (χ4v) is 3.10. The highest BCUT2D eigenvalue weighted by atomic mass is 32.1. The molecule has 29 heavy (non-hydrogen) atoms. The molecular weight excluding hydrogens is 386 g/mol. The van der Waals surface area contributed by atoms with E-state index in [0.717, 1.165) is 29.7 Å². The van der Waals surface area contributed by atoms with E-state index in [0.29, 0.717) is 18.9 Å². The number of hydrogen-bond acceptors (Lipinski definition) is 6. The highest BCUT2D eigenvalue weighted by Crippen LogP contribution is 2.11. The zero-order valence-corrected chi connectivity index (χ0v) is 17.8. The van der Waals surface area contributed by atoms with Crippen LogP contribution in [0.2, 0.25) is 0 Å². The van der Waals surface area contributed by atoms with Gasteiger partial charge in [-0.25, -0.2) is 4.98 Å². The first-order valence-corrected chi connectivity index (χ1v) is 10.2. The number of H-pyrrole nitrogens is 2. The first-order chi connectivity index (χ1) is 14.1. The Kier molecular flexibility index (Phi) is 11.7. The fraction of sp³-hybridized carbons (Fsp3) is 0.286. The molecule has 3 rings (SSSR count). The van der Waals surface area contributed by atoms with Crippen molar-refractivity contribution in [2.24, 2.45) is 0 Å². The van der Waals surface area contributed by atoms with E-state index in [4.69, 9.17) is 0 Å². The van der Waals surface area contributed by atoms with E-state index in [2.05, 4.69) is 44.1 Å². The van der Waals surface area contributed by atoms with Gasteiger partial charge in [0.15, 0.2) is 0 Å². The van der Waals surface area contributed by atoms with Gasteiger partial charge in [-0.05, 0) is 61.0 Å². The lowest BCUT2D eigenvalue weighted by atomic mass is 10.1. The van der Waals surface area contributed by atoms with Crippen LogP contribution in [0.25, 0.3) is 0 Å². The van der Waals surface area contributed by atoms with E-state index in [9.17, 15) is 9.59 Å². The number of nitrogens with one attached hydrogen (secondary N) is 4. The monoisotopic (exact) mass is 415 g/mol. The lowest BCUT2D eigenvalue weighted by Gasteiger charge is -2.07. The first kappa shape index (κ1) is 24.1. The molecule has 7 nitrogen and oxygen atoms in total. The maximum Gasteiger partial charge on any atom is 0.252 e. The van der Waals surface area contributed by atoms with Gasteiger partial charge in [0.2, 0.25) is 11.5 Å². The lowest BCUT2D eigenvalue weighted by Crippen LogP contribution is -2.15. The number of anilines is 1. The van der Waals surface area contributed by atoms with Gasteiger partial charge < -0.3 is 15.6 Å². The van der Waals surface area contributed by atoms with Crippen LogP contribution < -0.4 is 21.8 Å². The molecular formula is C21H29N5O2S. The second kappa shape index (κ2) is 14.1. The van der Waals surface area contributed by atoms with Crippen molar-refractivity contribution in [3.05, 3.63) is 91.9 Å². The predicted octanol–water partition coefficient (Wildman–Crippen LogP) is 2.79. The van der Waals surface area contributed by atoms with Gasteiger partial charge >= 0.3 is 0 Å². The van der Waals surface area contributed by atoms with E-state index in [1.807, 2.05) is 31.6 Å². The van der Waals surface area contributed by atoms with Gasteiger partial charge in [0, 0.05) is 31.3 Å². The molecule has 0 aliphatic heterocycles. The maximum atomic E-state index is 11.8. The van der Waals surface area contributed by atoms with Gasteiger partial charge in [-0.2, -0.15) is 11.3 Å². The molecule has 0 atom stereocenters. The molecule has 0 fully saturated rings. The Morgan fingerprint density at radius 3 is 2.52 bits per heavy atom. The van der Waals surface area contributed by atoms with Crippen LogP contribution >= 0.6 is 11.3 Å². The van der Waals surface area contributed by atoms with E-state index in [1.54, 1.807) is 23.6 Å². The van der Waals surface area contributed by atoms with Gasteiger partial charge in [-0.3, -0.25) is 14.6 Å². The van der Waals surface area contributed by atoms with Crippen LogP contribution in [-0.2, 0) is 12.8 Å². The van der Waals surface area contributed by atoms with Gasteiger partial charge in [0.1, 0.15) is 0 Å². The molecule has 0 unspecified atom stereocenters. The van der Waals surface area contributed by atoms with Crippen molar-refractivity contribution in [1.29, 1.82) is 0 Å². The molecule has 0 aliphatic rings. The highest BCUT2D eigenvalue weighted by Gasteiger charge is 2.03. The maximum absolute atomic E-state index is 11.8. The van der Waals surface area contributed by atoms with Crippen molar-refractivity contribution in [2.45, 2.75) is 19.3 Å². The van der Waals surface area contributed by atoms with Gasteiger partial charge in [-0.15, -0.1) is 13.2 Å². The number of aryl methyl sites for hydroxylation is 1. The van der Waals surface area contributed by atoms with E-state index in [1.165, 1.54) is 6.07 Å². The molecule has 0 spiro atoms. The van der Waals surface area contributed by atoms with Crippen LogP contribution in [0.15, 0.2) is 64.0 Å².